The van der Waals surface area contributed by atoms with Crippen LogP contribution in [0, 0.1) is 5.92 Å². The maximum absolute atomic E-state index is 10.6. The number of rotatable bonds is 7. The summed E-state index contributed by atoms with van der Waals surface area (Å²) in [6, 6.07) is 8.25. The van der Waals surface area contributed by atoms with Crippen LogP contribution in [0.3, 0.4) is 0 Å². The number of aliphatic hydroxyl groups excluding tert-OH is 1. The maximum Gasteiger partial charge on any atom is 0.108 e. The maximum atomic E-state index is 10.6. The molecule has 1 aromatic carbocycles. The summed E-state index contributed by atoms with van der Waals surface area (Å²) in [4.78, 5) is 0. The van der Waals surface area contributed by atoms with Crippen molar-refractivity contribution in [3.8, 4) is 0 Å². The smallest absolute Gasteiger partial charge is 0.108 e. The molecule has 1 rings (SSSR count). The average molecular weight is 264 g/mol. The highest BCUT2D eigenvalue weighted by atomic mass is 16.5. The number of aliphatic hydroxyl groups is 1. The van der Waals surface area contributed by atoms with E-state index >= 15 is 0 Å². The predicted octanol–water partition coefficient (Wildman–Crippen LogP) is 4.12. The fourth-order valence-corrected chi connectivity index (χ4v) is 2.42. The van der Waals surface area contributed by atoms with E-state index in [4.69, 9.17) is 4.74 Å². The van der Waals surface area contributed by atoms with E-state index in [2.05, 4.69) is 32.9 Å². The quantitative estimate of drug-likeness (QED) is 0.802. The van der Waals surface area contributed by atoms with E-state index in [-0.39, 0.29) is 0 Å². The molecule has 0 radical (unpaired) electrons. The standard InChI is InChI=1S/C17H28O2/c1-6-17(5,19-7-2)16(18)15-10-8-9-14(12-15)11-13(3)4/h8-10,12-13,16,18H,6-7,11H2,1-5H3. The predicted molar refractivity (Wildman–Crippen MR) is 80.3 cm³/mol. The van der Waals surface area contributed by atoms with Crippen LogP contribution in [0.25, 0.3) is 0 Å². The first-order chi connectivity index (χ1) is 8.92. The normalized spacial score (nSPS) is 16.4. The van der Waals surface area contributed by atoms with Gasteiger partial charge in [-0.05, 0) is 43.7 Å². The molecule has 108 valence electrons. The van der Waals surface area contributed by atoms with E-state index in [9.17, 15) is 5.11 Å². The lowest BCUT2D eigenvalue weighted by atomic mass is 9.88. The van der Waals surface area contributed by atoms with Gasteiger partial charge in [-0.15, -0.1) is 0 Å². The van der Waals surface area contributed by atoms with Crippen LogP contribution in [0.2, 0.25) is 0 Å². The second-order valence-corrected chi connectivity index (χ2v) is 5.84. The van der Waals surface area contributed by atoms with E-state index < -0.39 is 11.7 Å². The fourth-order valence-electron chi connectivity index (χ4n) is 2.42. The highest BCUT2D eigenvalue weighted by Crippen LogP contribution is 2.32. The molecule has 0 saturated carbocycles. The fraction of sp³-hybridized carbons (Fsp3) is 0.647. The Kier molecular flexibility index (Phi) is 6.02. The summed E-state index contributed by atoms with van der Waals surface area (Å²) in [6.45, 7) is 11.0. The van der Waals surface area contributed by atoms with E-state index in [0.29, 0.717) is 12.5 Å². The molecular formula is C17H28O2. The van der Waals surface area contributed by atoms with Crippen molar-refractivity contribution in [2.45, 2.75) is 59.2 Å². The Morgan fingerprint density at radius 1 is 1.26 bits per heavy atom. The number of hydrogen-bond acceptors (Lipinski definition) is 2. The first kappa shape index (κ1) is 16.2. The molecule has 0 saturated heterocycles. The van der Waals surface area contributed by atoms with Crippen LogP contribution in [-0.4, -0.2) is 17.3 Å². The summed E-state index contributed by atoms with van der Waals surface area (Å²) < 4.78 is 5.77. The van der Waals surface area contributed by atoms with Gasteiger partial charge in [0.05, 0.1) is 5.60 Å². The zero-order valence-electron chi connectivity index (χ0n) is 12.9. The molecule has 0 aliphatic rings. The van der Waals surface area contributed by atoms with Gasteiger partial charge < -0.3 is 9.84 Å². The molecular weight excluding hydrogens is 236 g/mol. The van der Waals surface area contributed by atoms with Crippen molar-refractivity contribution in [3.05, 3.63) is 35.4 Å². The zero-order chi connectivity index (χ0) is 14.5. The van der Waals surface area contributed by atoms with Gasteiger partial charge in [-0.3, -0.25) is 0 Å². The molecule has 0 amide bonds. The molecule has 2 heteroatoms. The minimum absolute atomic E-state index is 0.509. The van der Waals surface area contributed by atoms with Crippen LogP contribution in [-0.2, 0) is 11.2 Å². The molecule has 0 aromatic heterocycles. The summed E-state index contributed by atoms with van der Waals surface area (Å²) in [5.74, 6) is 0.622. The number of ether oxygens (including phenoxy) is 1. The molecule has 1 N–H and O–H groups in total. The van der Waals surface area contributed by atoms with Crippen LogP contribution in [0.5, 0.6) is 0 Å². The third-order valence-corrected chi connectivity index (χ3v) is 3.67. The molecule has 19 heavy (non-hydrogen) atoms. The summed E-state index contributed by atoms with van der Waals surface area (Å²) in [6.07, 6.45) is 1.25. The Morgan fingerprint density at radius 3 is 2.47 bits per heavy atom. The zero-order valence-corrected chi connectivity index (χ0v) is 12.9. The minimum atomic E-state index is -0.579. The summed E-state index contributed by atoms with van der Waals surface area (Å²) in [5.41, 5.74) is 1.73. The highest BCUT2D eigenvalue weighted by molar-refractivity contribution is 5.27. The van der Waals surface area contributed by atoms with Gasteiger partial charge in [0, 0.05) is 6.61 Å². The van der Waals surface area contributed by atoms with Crippen molar-refractivity contribution in [1.29, 1.82) is 0 Å². The molecule has 0 bridgehead atoms. The Bertz CT molecular complexity index is 387. The van der Waals surface area contributed by atoms with Gasteiger partial charge in [0.25, 0.3) is 0 Å². The molecule has 2 unspecified atom stereocenters. The van der Waals surface area contributed by atoms with E-state index in [1.807, 2.05) is 26.0 Å². The van der Waals surface area contributed by atoms with Gasteiger partial charge >= 0.3 is 0 Å². The Labute approximate surface area is 117 Å². The van der Waals surface area contributed by atoms with Gasteiger partial charge in [0.15, 0.2) is 0 Å². The topological polar surface area (TPSA) is 29.5 Å². The lowest BCUT2D eigenvalue weighted by molar-refractivity contribution is -0.113. The van der Waals surface area contributed by atoms with Crippen LogP contribution in [0.4, 0.5) is 0 Å². The molecule has 1 aromatic rings. The van der Waals surface area contributed by atoms with Gasteiger partial charge in [0.1, 0.15) is 6.10 Å². The molecule has 0 heterocycles. The van der Waals surface area contributed by atoms with Crippen LogP contribution in [0.1, 0.15) is 58.3 Å². The lowest BCUT2D eigenvalue weighted by Gasteiger charge is -2.33. The summed E-state index contributed by atoms with van der Waals surface area (Å²) in [5, 5.41) is 10.6. The number of benzene rings is 1. The second kappa shape index (κ2) is 7.06. The highest BCUT2D eigenvalue weighted by Gasteiger charge is 2.33. The largest absolute Gasteiger partial charge is 0.385 e. The Balaban J connectivity index is 2.95. The van der Waals surface area contributed by atoms with Crippen LogP contribution >= 0.6 is 0 Å². The molecule has 0 aliphatic heterocycles. The van der Waals surface area contributed by atoms with Crippen molar-refractivity contribution in [2.24, 2.45) is 5.92 Å². The Hall–Kier alpha value is -0.860. The third kappa shape index (κ3) is 4.32. The van der Waals surface area contributed by atoms with Crippen molar-refractivity contribution >= 4 is 0 Å². The van der Waals surface area contributed by atoms with Crippen LogP contribution < -0.4 is 0 Å². The Morgan fingerprint density at radius 2 is 1.95 bits per heavy atom. The van der Waals surface area contributed by atoms with Crippen molar-refractivity contribution in [2.75, 3.05) is 6.61 Å². The van der Waals surface area contributed by atoms with Crippen molar-refractivity contribution < 1.29 is 9.84 Å². The summed E-state index contributed by atoms with van der Waals surface area (Å²) in [7, 11) is 0. The molecule has 0 spiro atoms. The summed E-state index contributed by atoms with van der Waals surface area (Å²) >= 11 is 0. The molecule has 0 aliphatic carbocycles. The van der Waals surface area contributed by atoms with Crippen molar-refractivity contribution in [1.82, 2.24) is 0 Å². The molecule has 2 nitrogen and oxygen atoms in total. The number of hydrogen-bond donors (Lipinski definition) is 1. The van der Waals surface area contributed by atoms with Gasteiger partial charge in [-0.25, -0.2) is 0 Å². The average Bonchev–Trinajstić information content (AvgIpc) is 2.37. The lowest BCUT2D eigenvalue weighted by Crippen LogP contribution is -2.35. The molecule has 0 fully saturated rings. The van der Waals surface area contributed by atoms with E-state index in [1.165, 1.54) is 5.56 Å². The van der Waals surface area contributed by atoms with Crippen LogP contribution in [0.15, 0.2) is 24.3 Å². The monoisotopic (exact) mass is 264 g/mol. The first-order valence-electron chi connectivity index (χ1n) is 7.33. The van der Waals surface area contributed by atoms with Gasteiger partial charge in [-0.1, -0.05) is 45.0 Å². The van der Waals surface area contributed by atoms with E-state index in [0.717, 1.165) is 18.4 Å². The molecule has 2 atom stereocenters. The third-order valence-electron chi connectivity index (χ3n) is 3.67. The van der Waals surface area contributed by atoms with Gasteiger partial charge in [-0.2, -0.15) is 0 Å². The van der Waals surface area contributed by atoms with E-state index in [1.54, 1.807) is 0 Å². The van der Waals surface area contributed by atoms with Gasteiger partial charge in [0.2, 0.25) is 0 Å². The van der Waals surface area contributed by atoms with Crippen molar-refractivity contribution in [3.63, 3.8) is 0 Å². The first-order valence-corrected chi connectivity index (χ1v) is 7.33. The minimum Gasteiger partial charge on any atom is -0.385 e. The SMILES string of the molecule is CCOC(C)(CC)C(O)c1cccc(CC(C)C)c1. The second-order valence-electron chi connectivity index (χ2n) is 5.84.